The van der Waals surface area contributed by atoms with Crippen LogP contribution in [0.3, 0.4) is 0 Å². The zero-order valence-electron chi connectivity index (χ0n) is 14.4. The van der Waals surface area contributed by atoms with Gasteiger partial charge in [-0.2, -0.15) is 0 Å². The number of thiazole rings is 1. The van der Waals surface area contributed by atoms with Crippen molar-refractivity contribution in [1.82, 2.24) is 4.98 Å². The lowest BCUT2D eigenvalue weighted by atomic mass is 10.1. The fourth-order valence-corrected chi connectivity index (χ4v) is 4.23. The van der Waals surface area contributed by atoms with Crippen LogP contribution >= 0.6 is 22.9 Å². The van der Waals surface area contributed by atoms with Crippen LogP contribution in [0.4, 0.5) is 15.2 Å². The van der Waals surface area contributed by atoms with E-state index in [1.165, 1.54) is 12.1 Å². The van der Waals surface area contributed by atoms with E-state index in [0.717, 1.165) is 28.4 Å². The normalized spacial score (nSPS) is 14.5. The molecule has 0 atom stereocenters. The Bertz CT molecular complexity index is 968. The molecule has 3 aromatic rings. The van der Waals surface area contributed by atoms with E-state index in [1.54, 1.807) is 23.5 Å². The van der Waals surface area contributed by atoms with Gasteiger partial charge in [0.25, 0.3) is 0 Å². The molecule has 140 valence electrons. The van der Waals surface area contributed by atoms with Gasteiger partial charge < -0.3 is 15.0 Å². The Labute approximate surface area is 164 Å². The van der Waals surface area contributed by atoms with E-state index in [-0.39, 0.29) is 22.9 Å². The topological polar surface area (TPSA) is 54.5 Å². The van der Waals surface area contributed by atoms with Gasteiger partial charge in [-0.1, -0.05) is 29.0 Å². The SMILES string of the molecule is O=C(Cc1c(F)cccc1Cl)Nc1ccc2nc(N3CCOCC3)sc2c1. The van der Waals surface area contributed by atoms with E-state index in [2.05, 4.69) is 15.2 Å². The summed E-state index contributed by atoms with van der Waals surface area (Å²) in [7, 11) is 0. The Morgan fingerprint density at radius 3 is 2.89 bits per heavy atom. The number of hydrogen-bond donors (Lipinski definition) is 1. The average molecular weight is 406 g/mol. The Morgan fingerprint density at radius 2 is 2.11 bits per heavy atom. The van der Waals surface area contributed by atoms with Crippen molar-refractivity contribution in [1.29, 1.82) is 0 Å². The average Bonchev–Trinajstić information content (AvgIpc) is 3.09. The summed E-state index contributed by atoms with van der Waals surface area (Å²) in [5, 5.41) is 4.01. The number of nitrogens with zero attached hydrogens (tertiary/aromatic N) is 2. The van der Waals surface area contributed by atoms with E-state index in [0.29, 0.717) is 18.9 Å². The molecule has 8 heteroatoms. The Morgan fingerprint density at radius 1 is 1.30 bits per heavy atom. The van der Waals surface area contributed by atoms with Crippen LogP contribution in [0.15, 0.2) is 36.4 Å². The summed E-state index contributed by atoms with van der Waals surface area (Å²) >= 11 is 7.57. The predicted octanol–water partition coefficient (Wildman–Crippen LogP) is 4.11. The molecule has 5 nitrogen and oxygen atoms in total. The van der Waals surface area contributed by atoms with Gasteiger partial charge in [-0.3, -0.25) is 4.79 Å². The highest BCUT2D eigenvalue weighted by Gasteiger charge is 2.16. The van der Waals surface area contributed by atoms with Gasteiger partial charge in [0.15, 0.2) is 5.13 Å². The van der Waals surface area contributed by atoms with E-state index >= 15 is 0 Å². The van der Waals surface area contributed by atoms with Crippen LogP contribution in [0.5, 0.6) is 0 Å². The minimum Gasteiger partial charge on any atom is -0.378 e. The van der Waals surface area contributed by atoms with Gasteiger partial charge in [0.2, 0.25) is 5.91 Å². The fraction of sp³-hybridized carbons (Fsp3) is 0.263. The first kappa shape index (κ1) is 18.2. The zero-order chi connectivity index (χ0) is 18.8. The second-order valence-electron chi connectivity index (χ2n) is 6.20. The molecule has 1 aliphatic rings. The van der Waals surface area contributed by atoms with Crippen molar-refractivity contribution in [3.63, 3.8) is 0 Å². The summed E-state index contributed by atoms with van der Waals surface area (Å²) in [5.74, 6) is -0.801. The lowest BCUT2D eigenvalue weighted by Crippen LogP contribution is -2.36. The molecule has 1 aliphatic heterocycles. The van der Waals surface area contributed by atoms with Crippen LogP contribution in [0, 0.1) is 5.82 Å². The zero-order valence-corrected chi connectivity index (χ0v) is 15.9. The van der Waals surface area contributed by atoms with Crippen molar-refractivity contribution < 1.29 is 13.9 Å². The van der Waals surface area contributed by atoms with Crippen molar-refractivity contribution in [2.45, 2.75) is 6.42 Å². The third kappa shape index (κ3) is 4.05. The molecule has 0 radical (unpaired) electrons. The Balaban J connectivity index is 1.49. The van der Waals surface area contributed by atoms with Crippen LogP contribution in [0.1, 0.15) is 5.56 Å². The molecule has 2 heterocycles. The van der Waals surface area contributed by atoms with Crippen LogP contribution < -0.4 is 10.2 Å². The largest absolute Gasteiger partial charge is 0.378 e. The highest BCUT2D eigenvalue weighted by Crippen LogP contribution is 2.31. The van der Waals surface area contributed by atoms with Crippen molar-refractivity contribution in [3.05, 3.63) is 52.8 Å². The van der Waals surface area contributed by atoms with Gasteiger partial charge in [-0.05, 0) is 30.3 Å². The predicted molar refractivity (Wildman–Crippen MR) is 106 cm³/mol. The molecule has 27 heavy (non-hydrogen) atoms. The number of halogens is 2. The number of rotatable bonds is 4. The number of carbonyl (C=O) groups excluding carboxylic acids is 1. The minimum atomic E-state index is -0.481. The Hall–Kier alpha value is -2.22. The molecule has 1 amide bonds. The first-order chi connectivity index (χ1) is 13.1. The molecule has 1 N–H and O–H groups in total. The van der Waals surface area contributed by atoms with Crippen LogP contribution in [-0.2, 0) is 16.0 Å². The second kappa shape index (κ2) is 7.80. The molecule has 0 unspecified atom stereocenters. The van der Waals surface area contributed by atoms with Gasteiger partial charge in [-0.25, -0.2) is 9.37 Å². The molecule has 0 spiro atoms. The van der Waals surface area contributed by atoms with Gasteiger partial charge >= 0.3 is 0 Å². The number of anilines is 2. The van der Waals surface area contributed by atoms with Gasteiger partial charge in [0.1, 0.15) is 5.82 Å². The number of fused-ring (bicyclic) bond motifs is 1. The Kier molecular flexibility index (Phi) is 5.24. The summed E-state index contributed by atoms with van der Waals surface area (Å²) in [5.41, 5.74) is 1.74. The summed E-state index contributed by atoms with van der Waals surface area (Å²) in [4.78, 5) is 19.2. The number of benzene rings is 2. The van der Waals surface area contributed by atoms with Crippen molar-refractivity contribution in [2.75, 3.05) is 36.5 Å². The fourth-order valence-electron chi connectivity index (χ4n) is 2.95. The summed E-state index contributed by atoms with van der Waals surface area (Å²) in [6, 6.07) is 9.95. The van der Waals surface area contributed by atoms with Crippen LogP contribution in [0.2, 0.25) is 5.02 Å². The monoisotopic (exact) mass is 405 g/mol. The standard InChI is InChI=1S/C19H17ClFN3O2S/c20-14-2-1-3-15(21)13(14)11-18(25)22-12-4-5-16-17(10-12)27-19(23-16)24-6-8-26-9-7-24/h1-5,10H,6-9,11H2,(H,22,25). The maximum atomic E-state index is 13.9. The molecule has 1 aromatic heterocycles. The van der Waals surface area contributed by atoms with E-state index in [9.17, 15) is 9.18 Å². The number of amides is 1. The van der Waals surface area contributed by atoms with E-state index in [1.807, 2.05) is 12.1 Å². The molecular formula is C19H17ClFN3O2S. The molecule has 4 rings (SSSR count). The maximum absolute atomic E-state index is 13.9. The first-order valence-corrected chi connectivity index (χ1v) is 9.75. The molecule has 2 aromatic carbocycles. The molecule has 1 fully saturated rings. The highest BCUT2D eigenvalue weighted by atomic mass is 35.5. The maximum Gasteiger partial charge on any atom is 0.228 e. The van der Waals surface area contributed by atoms with Crippen molar-refractivity contribution in [3.8, 4) is 0 Å². The number of carbonyl (C=O) groups is 1. The summed E-state index contributed by atoms with van der Waals surface area (Å²) in [6.45, 7) is 3.06. The van der Waals surface area contributed by atoms with Gasteiger partial charge in [0, 0.05) is 29.4 Å². The van der Waals surface area contributed by atoms with Crippen LogP contribution in [0.25, 0.3) is 10.2 Å². The molecule has 0 bridgehead atoms. The molecule has 1 saturated heterocycles. The van der Waals surface area contributed by atoms with E-state index < -0.39 is 5.82 Å². The van der Waals surface area contributed by atoms with Gasteiger partial charge in [-0.15, -0.1) is 0 Å². The van der Waals surface area contributed by atoms with Crippen molar-refractivity contribution >= 4 is 49.9 Å². The minimum absolute atomic E-state index is 0.120. The first-order valence-electron chi connectivity index (χ1n) is 8.56. The third-order valence-corrected chi connectivity index (χ3v) is 5.77. The highest BCUT2D eigenvalue weighted by molar-refractivity contribution is 7.22. The quantitative estimate of drug-likeness (QED) is 0.709. The summed E-state index contributed by atoms with van der Waals surface area (Å²) in [6.07, 6.45) is -0.120. The number of nitrogens with one attached hydrogen (secondary N) is 1. The summed E-state index contributed by atoms with van der Waals surface area (Å²) < 4.78 is 20.2. The lowest BCUT2D eigenvalue weighted by molar-refractivity contribution is -0.115. The smallest absolute Gasteiger partial charge is 0.228 e. The van der Waals surface area contributed by atoms with E-state index in [4.69, 9.17) is 16.3 Å². The lowest BCUT2D eigenvalue weighted by Gasteiger charge is -2.25. The third-order valence-electron chi connectivity index (χ3n) is 4.34. The number of aromatic nitrogens is 1. The second-order valence-corrected chi connectivity index (χ2v) is 7.62. The molecule has 0 saturated carbocycles. The molecule has 0 aliphatic carbocycles. The van der Waals surface area contributed by atoms with Crippen molar-refractivity contribution in [2.24, 2.45) is 0 Å². The molecular weight excluding hydrogens is 389 g/mol. The number of ether oxygens (including phenoxy) is 1. The number of morpholine rings is 1. The van der Waals surface area contributed by atoms with Crippen LogP contribution in [-0.4, -0.2) is 37.2 Å². The number of hydrogen-bond acceptors (Lipinski definition) is 5. The van der Waals surface area contributed by atoms with Gasteiger partial charge in [0.05, 0.1) is 29.9 Å².